The molecule has 0 bridgehead atoms. The van der Waals surface area contributed by atoms with Crippen molar-refractivity contribution in [2.45, 2.75) is 20.0 Å². The molecule has 0 amide bonds. The fraction of sp³-hybridized carbons (Fsp3) is 0.154. The lowest BCUT2D eigenvalue weighted by molar-refractivity contribution is 0.0697. The lowest BCUT2D eigenvalue weighted by atomic mass is 9.95. The average Bonchev–Trinajstić information content (AvgIpc) is 3.32. The van der Waals surface area contributed by atoms with Crippen LogP contribution in [0.3, 0.4) is 0 Å². The summed E-state index contributed by atoms with van der Waals surface area (Å²) in [6.07, 6.45) is 0.965. The van der Waals surface area contributed by atoms with Gasteiger partial charge in [0.05, 0.1) is 33.6 Å². The highest BCUT2D eigenvalue weighted by Gasteiger charge is 2.37. The molecule has 1 aromatic heterocycles. The number of nitriles is 2. The fourth-order valence-corrected chi connectivity index (χ4v) is 4.44. The molecule has 2 heterocycles. The molecule has 4 rings (SSSR count). The molecule has 1 aliphatic rings. The van der Waals surface area contributed by atoms with Gasteiger partial charge in [-0.3, -0.25) is 0 Å². The van der Waals surface area contributed by atoms with E-state index in [4.69, 9.17) is 17.3 Å². The van der Waals surface area contributed by atoms with Gasteiger partial charge < -0.3 is 15.4 Å². The summed E-state index contributed by atoms with van der Waals surface area (Å²) < 4.78 is 1.92. The van der Waals surface area contributed by atoms with E-state index in [0.29, 0.717) is 11.4 Å². The van der Waals surface area contributed by atoms with Crippen LogP contribution in [0.25, 0.3) is 11.8 Å². The van der Waals surface area contributed by atoms with E-state index in [0.717, 1.165) is 22.6 Å². The monoisotopic (exact) mass is 484 g/mol. The number of anilines is 1. The van der Waals surface area contributed by atoms with E-state index in [2.05, 4.69) is 17.2 Å². The number of carboxylic acids is 1. The summed E-state index contributed by atoms with van der Waals surface area (Å²) in [5, 5.41) is 35.2. The molecule has 0 unspecified atom stereocenters. The number of aromatic nitrogens is 1. The number of hydrazone groups is 1. The van der Waals surface area contributed by atoms with Crippen LogP contribution >= 0.6 is 11.6 Å². The molecule has 2 atom stereocenters. The summed E-state index contributed by atoms with van der Waals surface area (Å²) in [7, 11) is 0. The Morgan fingerprint density at radius 3 is 2.46 bits per heavy atom. The number of benzene rings is 2. The Labute approximate surface area is 207 Å². The fourth-order valence-electron chi connectivity index (χ4n) is 4.18. The second-order valence-electron chi connectivity index (χ2n) is 8.06. The molecule has 0 aliphatic carbocycles. The molecule has 0 fully saturated rings. The molecular weight excluding hydrogens is 464 g/mol. The van der Waals surface area contributed by atoms with E-state index in [9.17, 15) is 20.4 Å². The highest BCUT2D eigenvalue weighted by Crippen LogP contribution is 2.30. The minimum Gasteiger partial charge on any atom is -0.478 e. The van der Waals surface area contributed by atoms with Gasteiger partial charge in [0, 0.05) is 17.1 Å². The number of carbonyl (C=O) groups is 1. The Morgan fingerprint density at radius 2 is 1.86 bits per heavy atom. The standard InChI is InChI=1S/C26H21ClN6O2/c1-15-10-17(16(2)32(15)20-8-9-21(26(34)35)23(27)12-20)11-18(13-28)24-22(14-29)25(30)33(31-24)19-6-4-3-5-7-19/h3-12,22,25H,30H2,1-2H3,(H,34,35)/b18-11-/t22-,25-/m1/s1. The average molecular weight is 485 g/mol. The van der Waals surface area contributed by atoms with Crippen LogP contribution in [0, 0.1) is 42.4 Å². The second kappa shape index (κ2) is 9.47. The minimum absolute atomic E-state index is 0.0193. The number of para-hydroxylation sites is 1. The van der Waals surface area contributed by atoms with Gasteiger partial charge in [-0.15, -0.1) is 0 Å². The van der Waals surface area contributed by atoms with E-state index < -0.39 is 18.1 Å². The molecule has 3 aromatic rings. The highest BCUT2D eigenvalue weighted by atomic mass is 35.5. The van der Waals surface area contributed by atoms with Crippen LogP contribution in [-0.2, 0) is 0 Å². The van der Waals surface area contributed by atoms with Crippen molar-refractivity contribution in [3.8, 4) is 17.8 Å². The van der Waals surface area contributed by atoms with Gasteiger partial charge in [-0.1, -0.05) is 29.8 Å². The molecule has 1 aliphatic heterocycles. The third kappa shape index (κ3) is 4.29. The lowest BCUT2D eigenvalue weighted by Crippen LogP contribution is -2.40. The van der Waals surface area contributed by atoms with Gasteiger partial charge in [-0.2, -0.15) is 15.6 Å². The van der Waals surface area contributed by atoms with Crippen molar-refractivity contribution in [2.75, 3.05) is 5.01 Å². The number of aromatic carboxylic acids is 1. The number of nitrogens with two attached hydrogens (primary N) is 1. The summed E-state index contributed by atoms with van der Waals surface area (Å²) in [6.45, 7) is 3.78. The quantitative estimate of drug-likeness (QED) is 0.506. The predicted molar refractivity (Wildman–Crippen MR) is 134 cm³/mol. The molecule has 0 saturated heterocycles. The number of hydrogen-bond donors (Lipinski definition) is 2. The van der Waals surface area contributed by atoms with E-state index in [1.165, 1.54) is 6.07 Å². The van der Waals surface area contributed by atoms with Crippen LogP contribution in [0.4, 0.5) is 5.69 Å². The van der Waals surface area contributed by atoms with Gasteiger partial charge in [-0.05, 0) is 61.9 Å². The Kier molecular flexibility index (Phi) is 6.44. The predicted octanol–water partition coefficient (Wildman–Crippen LogP) is 4.65. The van der Waals surface area contributed by atoms with E-state index >= 15 is 0 Å². The molecular formula is C26H21ClN6O2. The second-order valence-corrected chi connectivity index (χ2v) is 8.47. The van der Waals surface area contributed by atoms with Crippen molar-refractivity contribution in [2.24, 2.45) is 16.8 Å². The van der Waals surface area contributed by atoms with Crippen molar-refractivity contribution in [1.29, 1.82) is 10.5 Å². The molecule has 35 heavy (non-hydrogen) atoms. The van der Waals surface area contributed by atoms with Crippen molar-refractivity contribution >= 4 is 35.0 Å². The summed E-state index contributed by atoms with van der Waals surface area (Å²) >= 11 is 6.18. The smallest absolute Gasteiger partial charge is 0.337 e. The zero-order valence-corrected chi connectivity index (χ0v) is 19.7. The van der Waals surface area contributed by atoms with Gasteiger partial charge in [0.15, 0.2) is 0 Å². The first-order valence-corrected chi connectivity index (χ1v) is 11.1. The zero-order chi connectivity index (χ0) is 25.3. The Morgan fingerprint density at radius 1 is 1.14 bits per heavy atom. The number of nitrogens with zero attached hydrogens (tertiary/aromatic N) is 5. The van der Waals surface area contributed by atoms with Crippen molar-refractivity contribution in [3.63, 3.8) is 0 Å². The Bertz CT molecular complexity index is 1460. The maximum absolute atomic E-state index is 11.3. The number of aryl methyl sites for hydroxylation is 1. The number of rotatable bonds is 5. The third-order valence-corrected chi connectivity index (χ3v) is 6.21. The molecule has 9 heteroatoms. The van der Waals surface area contributed by atoms with Crippen LogP contribution in [-0.4, -0.2) is 27.5 Å². The first-order chi connectivity index (χ1) is 16.8. The third-order valence-electron chi connectivity index (χ3n) is 5.90. The van der Waals surface area contributed by atoms with Gasteiger partial charge in [0.2, 0.25) is 0 Å². The number of allylic oxidation sites excluding steroid dienone is 1. The highest BCUT2D eigenvalue weighted by molar-refractivity contribution is 6.33. The molecule has 0 saturated carbocycles. The molecule has 2 aromatic carbocycles. The lowest BCUT2D eigenvalue weighted by Gasteiger charge is -2.21. The summed E-state index contributed by atoms with van der Waals surface area (Å²) in [5.41, 5.74) is 10.7. The van der Waals surface area contributed by atoms with Crippen LogP contribution < -0.4 is 10.7 Å². The summed E-state index contributed by atoms with van der Waals surface area (Å²) in [4.78, 5) is 11.3. The molecule has 8 nitrogen and oxygen atoms in total. The van der Waals surface area contributed by atoms with Gasteiger partial charge >= 0.3 is 5.97 Å². The van der Waals surface area contributed by atoms with E-state index in [-0.39, 0.29) is 16.2 Å². The van der Waals surface area contributed by atoms with Crippen molar-refractivity contribution < 1.29 is 9.90 Å². The summed E-state index contributed by atoms with van der Waals surface area (Å²) in [5.74, 6) is -1.89. The number of carboxylic acid groups (broad SMARTS) is 1. The SMILES string of the molecule is Cc1cc(/C=C(/C#N)C2=NN(c3ccccc3)[C@@H](N)[C@@H]2C#N)c(C)n1-c1ccc(C(=O)O)c(Cl)c1. The topological polar surface area (TPSA) is 131 Å². The van der Waals surface area contributed by atoms with Gasteiger partial charge in [0.25, 0.3) is 0 Å². The minimum atomic E-state index is -1.10. The normalized spacial score (nSPS) is 17.6. The maximum Gasteiger partial charge on any atom is 0.337 e. The van der Waals surface area contributed by atoms with Crippen LogP contribution in [0.1, 0.15) is 27.3 Å². The van der Waals surface area contributed by atoms with Crippen LogP contribution in [0.5, 0.6) is 0 Å². The first-order valence-electron chi connectivity index (χ1n) is 10.7. The zero-order valence-electron chi connectivity index (χ0n) is 19.0. The molecule has 3 N–H and O–H groups in total. The number of hydrogen-bond acceptors (Lipinski definition) is 6. The number of halogens is 1. The molecule has 174 valence electrons. The first kappa shape index (κ1) is 23.8. The van der Waals surface area contributed by atoms with Crippen LogP contribution in [0.2, 0.25) is 5.02 Å². The Hall–Kier alpha value is -4.37. The molecule has 0 radical (unpaired) electrons. The van der Waals surface area contributed by atoms with Crippen molar-refractivity contribution in [1.82, 2.24) is 4.57 Å². The maximum atomic E-state index is 11.3. The largest absolute Gasteiger partial charge is 0.478 e. The van der Waals surface area contributed by atoms with Crippen molar-refractivity contribution in [3.05, 3.63) is 87.7 Å². The Balaban J connectivity index is 1.76. The van der Waals surface area contributed by atoms with Crippen LogP contribution in [0.15, 0.2) is 65.3 Å². The molecule has 0 spiro atoms. The van der Waals surface area contributed by atoms with E-state index in [1.54, 1.807) is 23.2 Å². The van der Waals surface area contributed by atoms with E-state index in [1.807, 2.05) is 54.8 Å². The van der Waals surface area contributed by atoms with Gasteiger partial charge in [-0.25, -0.2) is 9.80 Å². The summed E-state index contributed by atoms with van der Waals surface area (Å²) in [6, 6.07) is 20.2. The van der Waals surface area contributed by atoms with Gasteiger partial charge in [0.1, 0.15) is 18.2 Å².